The average molecular weight is 422 g/mol. The quantitative estimate of drug-likeness (QED) is 0.560. The lowest BCUT2D eigenvalue weighted by Gasteiger charge is -2.07. The van der Waals surface area contributed by atoms with Gasteiger partial charge in [-0.3, -0.25) is 9.48 Å². The van der Waals surface area contributed by atoms with Crippen molar-refractivity contribution in [3.05, 3.63) is 63.7 Å². The Labute approximate surface area is 173 Å². The summed E-state index contributed by atoms with van der Waals surface area (Å²) < 4.78 is 9.01. The number of aryl methyl sites for hydroxylation is 2. The number of hydrogen-bond donors (Lipinski definition) is 1. The Kier molecular flexibility index (Phi) is 6.59. The summed E-state index contributed by atoms with van der Waals surface area (Å²) in [6.07, 6.45) is 2.44. The standard InChI is InChI=1S/C19H21Cl2N5O2/c1-13-18(21)14(2)26(23-13)10-3-9-22-19(27)17-8-11-25(24-17)12-28-16-6-4-15(20)5-7-16/h4-8,11H,3,9-10,12H2,1-2H3,(H,22,27). The van der Waals surface area contributed by atoms with Crippen LogP contribution in [0.2, 0.25) is 10.0 Å². The molecular weight excluding hydrogens is 401 g/mol. The van der Waals surface area contributed by atoms with Gasteiger partial charge in [-0.05, 0) is 50.6 Å². The molecule has 0 bridgehead atoms. The Morgan fingerprint density at radius 2 is 1.89 bits per heavy atom. The van der Waals surface area contributed by atoms with Crippen molar-refractivity contribution in [1.82, 2.24) is 24.9 Å². The van der Waals surface area contributed by atoms with Crippen LogP contribution in [0.4, 0.5) is 0 Å². The lowest BCUT2D eigenvalue weighted by Crippen LogP contribution is -2.26. The normalized spacial score (nSPS) is 10.9. The molecule has 0 aliphatic carbocycles. The molecular formula is C19H21Cl2N5O2. The molecule has 1 N–H and O–H groups in total. The summed E-state index contributed by atoms with van der Waals surface area (Å²) in [6, 6.07) is 8.70. The first-order valence-electron chi connectivity index (χ1n) is 8.83. The van der Waals surface area contributed by atoms with Crippen LogP contribution < -0.4 is 10.1 Å². The van der Waals surface area contributed by atoms with E-state index in [0.29, 0.717) is 34.6 Å². The van der Waals surface area contributed by atoms with E-state index in [9.17, 15) is 4.79 Å². The molecule has 0 saturated carbocycles. The van der Waals surface area contributed by atoms with Crippen molar-refractivity contribution >= 4 is 29.1 Å². The number of hydrogen-bond acceptors (Lipinski definition) is 4. The zero-order chi connectivity index (χ0) is 20.1. The monoisotopic (exact) mass is 421 g/mol. The summed E-state index contributed by atoms with van der Waals surface area (Å²) in [5.74, 6) is 0.451. The predicted octanol–water partition coefficient (Wildman–Crippen LogP) is 3.86. The molecule has 1 amide bonds. The molecule has 2 heterocycles. The highest BCUT2D eigenvalue weighted by Crippen LogP contribution is 2.19. The fourth-order valence-electron chi connectivity index (χ4n) is 2.64. The molecule has 148 valence electrons. The molecule has 7 nitrogen and oxygen atoms in total. The van der Waals surface area contributed by atoms with Gasteiger partial charge in [-0.1, -0.05) is 23.2 Å². The number of aromatic nitrogens is 4. The number of rotatable bonds is 8. The number of amides is 1. The highest BCUT2D eigenvalue weighted by atomic mass is 35.5. The number of nitrogens with one attached hydrogen (secondary N) is 1. The molecule has 1 aromatic carbocycles. The van der Waals surface area contributed by atoms with Crippen LogP contribution in [0.15, 0.2) is 36.5 Å². The predicted molar refractivity (Wildman–Crippen MR) is 108 cm³/mol. The molecule has 0 atom stereocenters. The second kappa shape index (κ2) is 9.12. The highest BCUT2D eigenvalue weighted by Gasteiger charge is 2.11. The molecule has 28 heavy (non-hydrogen) atoms. The van der Waals surface area contributed by atoms with Gasteiger partial charge < -0.3 is 10.1 Å². The minimum Gasteiger partial charge on any atom is -0.471 e. The molecule has 0 saturated heterocycles. The molecule has 3 aromatic rings. The maximum Gasteiger partial charge on any atom is 0.271 e. The maximum absolute atomic E-state index is 12.2. The Bertz CT molecular complexity index is 950. The first-order valence-corrected chi connectivity index (χ1v) is 9.59. The van der Waals surface area contributed by atoms with Gasteiger partial charge in [0.05, 0.1) is 16.4 Å². The van der Waals surface area contributed by atoms with E-state index in [1.165, 1.54) is 0 Å². The van der Waals surface area contributed by atoms with Gasteiger partial charge in [0.2, 0.25) is 0 Å². The van der Waals surface area contributed by atoms with Crippen molar-refractivity contribution in [3.8, 4) is 5.75 Å². The zero-order valence-electron chi connectivity index (χ0n) is 15.7. The van der Waals surface area contributed by atoms with E-state index in [1.807, 2.05) is 18.5 Å². The summed E-state index contributed by atoms with van der Waals surface area (Å²) in [4.78, 5) is 12.2. The van der Waals surface area contributed by atoms with E-state index in [2.05, 4.69) is 15.5 Å². The van der Waals surface area contributed by atoms with Crippen molar-refractivity contribution < 1.29 is 9.53 Å². The number of nitrogens with zero attached hydrogens (tertiary/aromatic N) is 4. The maximum atomic E-state index is 12.2. The summed E-state index contributed by atoms with van der Waals surface area (Å²) in [5, 5.41) is 12.8. The zero-order valence-corrected chi connectivity index (χ0v) is 17.2. The fourth-order valence-corrected chi connectivity index (χ4v) is 2.90. The first kappa shape index (κ1) is 20.2. The number of carbonyl (C=O) groups is 1. The summed E-state index contributed by atoms with van der Waals surface area (Å²) in [6.45, 7) is 5.21. The number of ether oxygens (including phenoxy) is 1. The van der Waals surface area contributed by atoms with Crippen LogP contribution in [0.25, 0.3) is 0 Å². The van der Waals surface area contributed by atoms with Gasteiger partial charge in [0.1, 0.15) is 11.4 Å². The van der Waals surface area contributed by atoms with Crippen LogP contribution in [-0.4, -0.2) is 32.0 Å². The Morgan fingerprint density at radius 1 is 1.14 bits per heavy atom. The van der Waals surface area contributed by atoms with E-state index in [-0.39, 0.29) is 12.6 Å². The second-order valence-electron chi connectivity index (χ2n) is 6.29. The van der Waals surface area contributed by atoms with Crippen LogP contribution in [0.5, 0.6) is 5.75 Å². The van der Waals surface area contributed by atoms with Crippen molar-refractivity contribution in [3.63, 3.8) is 0 Å². The van der Waals surface area contributed by atoms with Crippen LogP contribution in [0.3, 0.4) is 0 Å². The van der Waals surface area contributed by atoms with E-state index in [1.54, 1.807) is 41.2 Å². The number of halogens is 2. The van der Waals surface area contributed by atoms with Gasteiger partial charge in [-0.25, -0.2) is 4.68 Å². The molecule has 0 aliphatic heterocycles. The van der Waals surface area contributed by atoms with Crippen LogP contribution in [0.1, 0.15) is 28.3 Å². The lowest BCUT2D eigenvalue weighted by molar-refractivity contribution is 0.0945. The Hall–Kier alpha value is -2.51. The topological polar surface area (TPSA) is 74.0 Å². The SMILES string of the molecule is Cc1nn(CCCNC(=O)c2ccn(COc3ccc(Cl)cc3)n2)c(C)c1Cl. The van der Waals surface area contributed by atoms with Crippen molar-refractivity contribution in [1.29, 1.82) is 0 Å². The van der Waals surface area contributed by atoms with Gasteiger partial charge in [0.15, 0.2) is 6.73 Å². The molecule has 0 radical (unpaired) electrons. The van der Waals surface area contributed by atoms with Crippen molar-refractivity contribution in [2.45, 2.75) is 33.5 Å². The minimum absolute atomic E-state index is 0.202. The largest absolute Gasteiger partial charge is 0.471 e. The van der Waals surface area contributed by atoms with Gasteiger partial charge in [0.25, 0.3) is 5.91 Å². The average Bonchev–Trinajstić information content (AvgIpc) is 3.26. The van der Waals surface area contributed by atoms with Gasteiger partial charge >= 0.3 is 0 Å². The molecule has 0 unspecified atom stereocenters. The van der Waals surface area contributed by atoms with E-state index in [4.69, 9.17) is 27.9 Å². The summed E-state index contributed by atoms with van der Waals surface area (Å²) in [5.41, 5.74) is 2.09. The third-order valence-corrected chi connectivity index (χ3v) is 4.97. The van der Waals surface area contributed by atoms with Crippen LogP contribution in [0, 0.1) is 13.8 Å². The summed E-state index contributed by atoms with van der Waals surface area (Å²) >= 11 is 12.0. The van der Waals surface area contributed by atoms with Crippen molar-refractivity contribution in [2.24, 2.45) is 0 Å². The molecule has 2 aromatic heterocycles. The molecule has 0 aliphatic rings. The smallest absolute Gasteiger partial charge is 0.271 e. The van der Waals surface area contributed by atoms with Crippen LogP contribution in [-0.2, 0) is 13.3 Å². The molecule has 0 fully saturated rings. The minimum atomic E-state index is -0.225. The molecule has 3 rings (SSSR count). The van der Waals surface area contributed by atoms with Gasteiger partial charge in [0, 0.05) is 24.3 Å². The van der Waals surface area contributed by atoms with E-state index >= 15 is 0 Å². The Balaban J connectivity index is 1.43. The molecule has 9 heteroatoms. The number of benzene rings is 1. The van der Waals surface area contributed by atoms with E-state index < -0.39 is 0 Å². The third-order valence-electron chi connectivity index (χ3n) is 4.18. The van der Waals surface area contributed by atoms with E-state index in [0.717, 1.165) is 17.8 Å². The molecule has 0 spiro atoms. The third kappa shape index (κ3) is 5.05. The fraction of sp³-hybridized carbons (Fsp3) is 0.316. The highest BCUT2D eigenvalue weighted by molar-refractivity contribution is 6.31. The van der Waals surface area contributed by atoms with Gasteiger partial charge in [-0.2, -0.15) is 10.2 Å². The second-order valence-corrected chi connectivity index (χ2v) is 7.10. The van der Waals surface area contributed by atoms with Gasteiger partial charge in [-0.15, -0.1) is 0 Å². The lowest BCUT2D eigenvalue weighted by atomic mass is 10.3. The van der Waals surface area contributed by atoms with Crippen molar-refractivity contribution in [2.75, 3.05) is 6.54 Å². The first-order chi connectivity index (χ1) is 13.4. The number of carbonyl (C=O) groups excluding carboxylic acids is 1. The Morgan fingerprint density at radius 3 is 2.57 bits per heavy atom. The van der Waals surface area contributed by atoms with Crippen LogP contribution >= 0.6 is 23.2 Å². The summed E-state index contributed by atoms with van der Waals surface area (Å²) in [7, 11) is 0.